The minimum absolute atomic E-state index is 0.0794. The van der Waals surface area contributed by atoms with Gasteiger partial charge in [0.1, 0.15) is 11.6 Å². The van der Waals surface area contributed by atoms with Crippen molar-refractivity contribution >= 4 is 27.5 Å². The highest BCUT2D eigenvalue weighted by Crippen LogP contribution is 2.64. The smallest absolute Gasteiger partial charge is 0.147 e. The molecule has 0 aromatic heterocycles. The average molecular weight is 411 g/mol. The zero-order chi connectivity index (χ0) is 18.0. The second kappa shape index (κ2) is 6.15. The topological polar surface area (TPSA) is 54.4 Å². The first-order valence-electron chi connectivity index (χ1n) is 10.1. The van der Waals surface area contributed by atoms with Crippen LogP contribution in [0.25, 0.3) is 0 Å². The number of fused-ring (bicyclic) bond motifs is 5. The normalized spacial score (nSPS) is 52.2. The summed E-state index contributed by atoms with van der Waals surface area (Å²) < 4.78 is 0. The van der Waals surface area contributed by atoms with Crippen LogP contribution in [0.2, 0.25) is 0 Å². The summed E-state index contributed by atoms with van der Waals surface area (Å²) in [4.78, 5) is 25.4. The maximum Gasteiger partial charge on any atom is 0.147 e. The highest BCUT2D eigenvalue weighted by molar-refractivity contribution is 9.09. The van der Waals surface area contributed by atoms with Gasteiger partial charge in [0.05, 0.1) is 10.9 Å². The summed E-state index contributed by atoms with van der Waals surface area (Å²) in [5.74, 6) is 3.13. The van der Waals surface area contributed by atoms with Crippen LogP contribution in [-0.2, 0) is 9.59 Å². The number of carbonyl (C=O) groups excluding carboxylic acids is 2. The Labute approximate surface area is 159 Å². The van der Waals surface area contributed by atoms with E-state index in [1.165, 1.54) is 6.42 Å². The Hall–Kier alpha value is -0.220. The maximum absolute atomic E-state index is 13.0. The SMILES string of the molecule is C[C@]1(O)CC[C@@H]2[C@H]3CC[C@]4(C)[C@@H](C(=O)CBr)CC[C@H]4[C@@H]3CC(=O)[C@@H]2C1. The molecular formula is C21H31BrO3. The van der Waals surface area contributed by atoms with Gasteiger partial charge in [-0.3, -0.25) is 9.59 Å². The predicted molar refractivity (Wildman–Crippen MR) is 100 cm³/mol. The molecule has 25 heavy (non-hydrogen) atoms. The molecule has 140 valence electrons. The van der Waals surface area contributed by atoms with Crippen molar-refractivity contribution in [3.63, 3.8) is 0 Å². The molecule has 0 aliphatic heterocycles. The van der Waals surface area contributed by atoms with E-state index in [0.29, 0.717) is 53.4 Å². The summed E-state index contributed by atoms with van der Waals surface area (Å²) >= 11 is 3.37. The van der Waals surface area contributed by atoms with Crippen molar-refractivity contribution in [1.29, 1.82) is 0 Å². The zero-order valence-electron chi connectivity index (χ0n) is 15.5. The predicted octanol–water partition coefficient (Wildman–Crippen LogP) is 4.15. The first kappa shape index (κ1) is 18.2. The quantitative estimate of drug-likeness (QED) is 0.695. The fourth-order valence-electron chi connectivity index (χ4n) is 7.42. The van der Waals surface area contributed by atoms with Crippen molar-refractivity contribution in [2.45, 2.75) is 70.8 Å². The number of alkyl halides is 1. The van der Waals surface area contributed by atoms with Crippen LogP contribution in [0.5, 0.6) is 0 Å². The monoisotopic (exact) mass is 410 g/mol. The third-order valence-corrected chi connectivity index (χ3v) is 9.16. The molecule has 4 rings (SSSR count). The number of aliphatic hydroxyl groups is 1. The molecular weight excluding hydrogens is 380 g/mol. The number of hydrogen-bond donors (Lipinski definition) is 1. The highest BCUT2D eigenvalue weighted by atomic mass is 79.9. The Kier molecular flexibility index (Phi) is 4.47. The van der Waals surface area contributed by atoms with E-state index in [1.54, 1.807) is 0 Å². The molecule has 0 heterocycles. The molecule has 0 aromatic carbocycles. The average Bonchev–Trinajstić information content (AvgIpc) is 2.91. The summed E-state index contributed by atoms with van der Waals surface area (Å²) in [5.41, 5.74) is -0.563. The summed E-state index contributed by atoms with van der Waals surface area (Å²) in [6.07, 6.45) is 7.60. The van der Waals surface area contributed by atoms with E-state index in [2.05, 4.69) is 22.9 Å². The minimum Gasteiger partial charge on any atom is -0.390 e. The van der Waals surface area contributed by atoms with Gasteiger partial charge in [-0.1, -0.05) is 22.9 Å². The molecule has 0 radical (unpaired) electrons. The van der Waals surface area contributed by atoms with Gasteiger partial charge in [-0.25, -0.2) is 0 Å². The van der Waals surface area contributed by atoms with E-state index >= 15 is 0 Å². The van der Waals surface area contributed by atoms with Crippen LogP contribution < -0.4 is 0 Å². The van der Waals surface area contributed by atoms with Crippen LogP contribution in [0.3, 0.4) is 0 Å². The Morgan fingerprint density at radius 3 is 2.56 bits per heavy atom. The lowest BCUT2D eigenvalue weighted by Gasteiger charge is -2.56. The summed E-state index contributed by atoms with van der Waals surface area (Å²) in [6.45, 7) is 4.22. The number of hydrogen-bond acceptors (Lipinski definition) is 3. The molecule has 0 amide bonds. The molecule has 4 heteroatoms. The summed E-state index contributed by atoms with van der Waals surface area (Å²) in [6, 6.07) is 0. The van der Waals surface area contributed by atoms with Gasteiger partial charge in [0.2, 0.25) is 0 Å². The zero-order valence-corrected chi connectivity index (χ0v) is 17.1. The van der Waals surface area contributed by atoms with Gasteiger partial charge in [0.25, 0.3) is 0 Å². The Balaban J connectivity index is 1.59. The first-order valence-corrected chi connectivity index (χ1v) is 11.2. The van der Waals surface area contributed by atoms with Gasteiger partial charge in [-0.15, -0.1) is 0 Å². The van der Waals surface area contributed by atoms with Crippen LogP contribution in [0.15, 0.2) is 0 Å². The molecule has 4 aliphatic carbocycles. The van der Waals surface area contributed by atoms with E-state index < -0.39 is 5.60 Å². The van der Waals surface area contributed by atoms with Gasteiger partial charge in [0, 0.05) is 18.3 Å². The molecule has 4 fully saturated rings. The van der Waals surface area contributed by atoms with Crippen molar-refractivity contribution in [2.75, 3.05) is 5.33 Å². The van der Waals surface area contributed by atoms with E-state index in [-0.39, 0.29) is 17.3 Å². The van der Waals surface area contributed by atoms with Crippen molar-refractivity contribution in [2.24, 2.45) is 40.9 Å². The van der Waals surface area contributed by atoms with Gasteiger partial charge in [-0.2, -0.15) is 0 Å². The fraction of sp³-hybridized carbons (Fsp3) is 0.905. The van der Waals surface area contributed by atoms with E-state index in [0.717, 1.165) is 32.1 Å². The Morgan fingerprint density at radius 1 is 1.12 bits per heavy atom. The lowest BCUT2D eigenvalue weighted by molar-refractivity contribution is -0.149. The standard InChI is InChI=1S/C21H31BrO3/c1-20(25)7-5-13-12-6-8-21(2)16(3-4-17(21)19(24)11-22)14(12)9-18(23)15(13)10-20/h12-17,25H,3-11H2,1-2H3/t12-,13-,14-,15-,16+,17-,20+,21+/m1/s1. The second-order valence-corrected chi connectivity index (χ2v) is 10.4. The fourth-order valence-corrected chi connectivity index (χ4v) is 7.81. The lowest BCUT2D eigenvalue weighted by Crippen LogP contribution is -2.53. The second-order valence-electron chi connectivity index (χ2n) is 9.89. The molecule has 0 aromatic rings. The van der Waals surface area contributed by atoms with Gasteiger partial charge in [-0.05, 0) is 81.0 Å². The maximum atomic E-state index is 13.0. The van der Waals surface area contributed by atoms with E-state index in [9.17, 15) is 14.7 Å². The van der Waals surface area contributed by atoms with Gasteiger partial charge >= 0.3 is 0 Å². The largest absolute Gasteiger partial charge is 0.390 e. The van der Waals surface area contributed by atoms with Crippen LogP contribution in [0.4, 0.5) is 0 Å². The number of ketones is 2. The van der Waals surface area contributed by atoms with Crippen molar-refractivity contribution < 1.29 is 14.7 Å². The van der Waals surface area contributed by atoms with E-state index in [4.69, 9.17) is 0 Å². The van der Waals surface area contributed by atoms with E-state index in [1.807, 2.05) is 6.92 Å². The third kappa shape index (κ3) is 2.77. The van der Waals surface area contributed by atoms with Crippen LogP contribution >= 0.6 is 15.9 Å². The highest BCUT2D eigenvalue weighted by Gasteiger charge is 2.60. The van der Waals surface area contributed by atoms with Crippen LogP contribution in [0.1, 0.15) is 65.2 Å². The van der Waals surface area contributed by atoms with Crippen molar-refractivity contribution in [3.05, 3.63) is 0 Å². The molecule has 0 spiro atoms. The molecule has 4 saturated carbocycles. The number of halogens is 1. The molecule has 1 N–H and O–H groups in total. The molecule has 8 atom stereocenters. The Bertz CT molecular complexity index is 586. The van der Waals surface area contributed by atoms with Gasteiger partial charge in [0.15, 0.2) is 0 Å². The number of carbonyl (C=O) groups is 2. The lowest BCUT2D eigenvalue weighted by atomic mass is 9.48. The molecule has 3 nitrogen and oxygen atoms in total. The molecule has 0 unspecified atom stereocenters. The molecule has 4 aliphatic rings. The molecule has 0 bridgehead atoms. The number of Topliss-reactive ketones (excluding diaryl/α,β-unsaturated/α-hetero) is 2. The first-order chi connectivity index (χ1) is 11.8. The van der Waals surface area contributed by atoms with Gasteiger partial charge < -0.3 is 5.11 Å². The Morgan fingerprint density at radius 2 is 1.84 bits per heavy atom. The third-order valence-electron chi connectivity index (χ3n) is 8.61. The minimum atomic E-state index is -0.659. The molecule has 0 saturated heterocycles. The number of rotatable bonds is 2. The van der Waals surface area contributed by atoms with Crippen molar-refractivity contribution in [3.8, 4) is 0 Å². The summed E-state index contributed by atoms with van der Waals surface area (Å²) in [7, 11) is 0. The summed E-state index contributed by atoms with van der Waals surface area (Å²) in [5, 5.41) is 10.9. The van der Waals surface area contributed by atoms with Crippen LogP contribution in [0, 0.1) is 40.9 Å². The van der Waals surface area contributed by atoms with Crippen LogP contribution in [-0.4, -0.2) is 27.6 Å². The van der Waals surface area contributed by atoms with Crippen molar-refractivity contribution in [1.82, 2.24) is 0 Å².